The second-order valence-corrected chi connectivity index (χ2v) is 8.51. The van der Waals surface area contributed by atoms with Gasteiger partial charge in [-0.1, -0.05) is 66.6 Å². The van der Waals surface area contributed by atoms with E-state index < -0.39 is 5.66 Å². The summed E-state index contributed by atoms with van der Waals surface area (Å²) in [5, 5.41) is 0. The van der Waals surface area contributed by atoms with Crippen molar-refractivity contribution in [3.63, 3.8) is 0 Å². The number of pyridine rings is 2. The minimum atomic E-state index is -0.608. The number of fused-ring (bicyclic) bond motifs is 6. The average Bonchev–Trinajstić information content (AvgIpc) is 3.35. The molecule has 2 aliphatic heterocycles. The van der Waals surface area contributed by atoms with Crippen molar-refractivity contribution in [2.45, 2.75) is 5.66 Å². The molecule has 0 N–H and O–H groups in total. The van der Waals surface area contributed by atoms with Gasteiger partial charge in [-0.3, -0.25) is 0 Å². The van der Waals surface area contributed by atoms with Crippen LogP contribution < -0.4 is 9.13 Å². The monoisotopic (exact) mass is 420 g/mol. The Balaban J connectivity index is 1.60. The summed E-state index contributed by atoms with van der Waals surface area (Å²) in [6.45, 7) is 0. The second-order valence-electron chi connectivity index (χ2n) is 8.51. The molecule has 0 amide bonds. The summed E-state index contributed by atoms with van der Waals surface area (Å²) < 4.78 is 4.76. The second kappa shape index (κ2) is 6.76. The number of hydrogen-bond donors (Lipinski definition) is 0. The molecule has 2 heteroatoms. The lowest BCUT2D eigenvalue weighted by Gasteiger charge is -2.10. The third-order valence-corrected chi connectivity index (χ3v) is 6.70. The van der Waals surface area contributed by atoms with Crippen LogP contribution in [0.2, 0.25) is 0 Å². The summed E-state index contributed by atoms with van der Waals surface area (Å²) in [5.41, 5.74) is 8.87. The number of rotatable bonds is 1. The topological polar surface area (TPSA) is 7.76 Å². The molecule has 5 aromatic rings. The molecule has 33 heavy (non-hydrogen) atoms. The predicted molar refractivity (Wildman–Crippen MR) is 129 cm³/mol. The summed E-state index contributed by atoms with van der Waals surface area (Å²) in [4.78, 5) is 0. The highest BCUT2D eigenvalue weighted by Gasteiger charge is 2.66. The molecular weight excluding hydrogens is 400 g/mol. The molecule has 0 spiro atoms. The molecule has 3 aromatic carbocycles. The van der Waals surface area contributed by atoms with E-state index in [-0.39, 0.29) is 0 Å². The van der Waals surface area contributed by atoms with E-state index in [4.69, 9.17) is 0 Å². The molecule has 1 atom stereocenters. The molecule has 152 valence electrons. The van der Waals surface area contributed by atoms with Crippen LogP contribution in [0, 0.1) is 11.8 Å². The lowest BCUT2D eigenvalue weighted by Crippen LogP contribution is -2.67. The maximum Gasteiger partial charge on any atom is 0.455 e. The maximum absolute atomic E-state index is 3.72. The van der Waals surface area contributed by atoms with Gasteiger partial charge in [0.15, 0.2) is 6.20 Å². The summed E-state index contributed by atoms with van der Waals surface area (Å²) in [6, 6.07) is 40.6. The van der Waals surface area contributed by atoms with Crippen LogP contribution in [0.3, 0.4) is 0 Å². The molecule has 0 saturated heterocycles. The number of aromatic nitrogens is 2. The van der Waals surface area contributed by atoms with Gasteiger partial charge in [-0.2, -0.15) is 0 Å². The molecule has 2 aromatic heterocycles. The number of hydrogen-bond acceptors (Lipinski definition) is 0. The summed E-state index contributed by atoms with van der Waals surface area (Å²) in [5.74, 6) is 7.21. The van der Waals surface area contributed by atoms with Crippen LogP contribution in [0.4, 0.5) is 0 Å². The summed E-state index contributed by atoms with van der Waals surface area (Å²) in [7, 11) is 0. The SMILES string of the molecule is C(#CC12c3ccccc3-c3cc(-c4ccccc4)cc([n+]31)-c1cccc[n+]12)c1ccccc1. The Kier molecular flexibility index (Phi) is 3.71. The van der Waals surface area contributed by atoms with Crippen LogP contribution >= 0.6 is 0 Å². The zero-order valence-corrected chi connectivity index (χ0v) is 17.9. The van der Waals surface area contributed by atoms with E-state index >= 15 is 0 Å². The van der Waals surface area contributed by atoms with Crippen molar-refractivity contribution in [3.05, 3.63) is 133 Å². The van der Waals surface area contributed by atoms with Gasteiger partial charge in [0.25, 0.3) is 11.4 Å². The fourth-order valence-electron chi connectivity index (χ4n) is 5.29. The van der Waals surface area contributed by atoms with Crippen molar-refractivity contribution in [2.24, 2.45) is 0 Å². The van der Waals surface area contributed by atoms with Gasteiger partial charge in [-0.15, -0.1) is 9.13 Å². The Morgan fingerprint density at radius 1 is 0.576 bits per heavy atom. The van der Waals surface area contributed by atoms with Crippen molar-refractivity contribution in [1.29, 1.82) is 0 Å². The average molecular weight is 421 g/mol. The fraction of sp³-hybridized carbons (Fsp3) is 0.0323. The van der Waals surface area contributed by atoms with Crippen molar-refractivity contribution < 1.29 is 9.13 Å². The summed E-state index contributed by atoms with van der Waals surface area (Å²) >= 11 is 0. The van der Waals surface area contributed by atoms with Gasteiger partial charge in [-0.05, 0) is 41.5 Å². The highest BCUT2D eigenvalue weighted by molar-refractivity contribution is 5.77. The van der Waals surface area contributed by atoms with Crippen molar-refractivity contribution in [2.75, 3.05) is 0 Å². The largest absolute Gasteiger partial charge is 0.455 e. The lowest BCUT2D eigenvalue weighted by atomic mass is 9.96. The minimum Gasteiger partial charge on any atom is -0.112 e. The van der Waals surface area contributed by atoms with Crippen LogP contribution in [-0.4, -0.2) is 0 Å². The Hall–Kier alpha value is -4.48. The lowest BCUT2D eigenvalue weighted by molar-refractivity contribution is -0.924. The van der Waals surface area contributed by atoms with Crippen LogP contribution in [0.1, 0.15) is 11.1 Å². The first-order valence-corrected chi connectivity index (χ1v) is 11.2. The molecule has 2 nitrogen and oxygen atoms in total. The zero-order valence-electron chi connectivity index (χ0n) is 17.9. The first-order valence-electron chi connectivity index (χ1n) is 11.2. The van der Waals surface area contributed by atoms with E-state index in [9.17, 15) is 0 Å². The molecular formula is C31H20N2+2. The van der Waals surface area contributed by atoms with E-state index in [1.165, 1.54) is 39.3 Å². The van der Waals surface area contributed by atoms with E-state index in [0.717, 1.165) is 5.56 Å². The molecule has 0 radical (unpaired) electrons. The number of benzene rings is 3. The standard InChI is InChI=1S/C31H20N2/c1-3-11-23(12-4-1)18-19-31-27-16-8-7-15-26(27)29-21-25(24-13-5-2-6-14-24)22-30(33(29)31)28-17-9-10-20-32(28)31/h1-17,20-22H/q+2. The van der Waals surface area contributed by atoms with E-state index in [1.807, 2.05) is 18.2 Å². The first-order chi connectivity index (χ1) is 16.4. The van der Waals surface area contributed by atoms with Gasteiger partial charge in [-0.25, -0.2) is 0 Å². The van der Waals surface area contributed by atoms with E-state index in [2.05, 4.69) is 124 Å². The Labute approximate surface area is 193 Å². The maximum atomic E-state index is 3.72. The van der Waals surface area contributed by atoms with Gasteiger partial charge >= 0.3 is 5.66 Å². The summed E-state index contributed by atoms with van der Waals surface area (Å²) in [6.07, 6.45) is 2.16. The fourth-order valence-corrected chi connectivity index (χ4v) is 5.29. The van der Waals surface area contributed by atoms with Gasteiger partial charge in [0, 0.05) is 29.8 Å². The van der Waals surface area contributed by atoms with Crippen LogP contribution in [0.5, 0.6) is 0 Å². The number of nitrogens with zero attached hydrogens (tertiary/aromatic N) is 2. The molecule has 4 heterocycles. The highest BCUT2D eigenvalue weighted by Crippen LogP contribution is 2.43. The van der Waals surface area contributed by atoms with Gasteiger partial charge < -0.3 is 0 Å². The minimum absolute atomic E-state index is 0.608. The van der Waals surface area contributed by atoms with Crippen molar-refractivity contribution in [1.82, 2.24) is 0 Å². The van der Waals surface area contributed by atoms with Crippen LogP contribution in [0.25, 0.3) is 33.8 Å². The zero-order chi connectivity index (χ0) is 21.8. The smallest absolute Gasteiger partial charge is 0.112 e. The Bertz CT molecular complexity index is 1540. The van der Waals surface area contributed by atoms with Crippen molar-refractivity contribution in [3.8, 4) is 45.6 Å². The molecule has 7 rings (SSSR count). The van der Waals surface area contributed by atoms with Crippen LogP contribution in [0.15, 0.2) is 121 Å². The van der Waals surface area contributed by atoms with Crippen molar-refractivity contribution >= 4 is 0 Å². The molecule has 0 fully saturated rings. The third-order valence-electron chi connectivity index (χ3n) is 6.70. The Morgan fingerprint density at radius 3 is 2.12 bits per heavy atom. The van der Waals surface area contributed by atoms with Gasteiger partial charge in [0.1, 0.15) is 5.56 Å². The normalized spacial score (nSPS) is 16.4. The molecule has 0 aliphatic carbocycles. The molecule has 0 saturated carbocycles. The van der Waals surface area contributed by atoms with Crippen LogP contribution in [-0.2, 0) is 5.66 Å². The molecule has 1 unspecified atom stereocenters. The quantitative estimate of drug-likeness (QED) is 0.260. The molecule has 2 aliphatic rings. The predicted octanol–water partition coefficient (Wildman–Crippen LogP) is 5.19. The van der Waals surface area contributed by atoms with Gasteiger partial charge in [0.05, 0.1) is 11.5 Å². The Morgan fingerprint density at radius 2 is 1.27 bits per heavy atom. The van der Waals surface area contributed by atoms with E-state index in [0.29, 0.717) is 0 Å². The highest BCUT2D eigenvalue weighted by atomic mass is 15.3. The molecule has 0 bridgehead atoms. The first kappa shape index (κ1) is 18.1. The van der Waals surface area contributed by atoms with E-state index in [1.54, 1.807) is 0 Å². The third kappa shape index (κ3) is 2.45. The van der Waals surface area contributed by atoms with Gasteiger partial charge in [0.2, 0.25) is 5.69 Å².